The fraction of sp³-hybridized carbons (Fsp3) is 0.286. The third-order valence-electron chi connectivity index (χ3n) is 5.55. The van der Waals surface area contributed by atoms with E-state index < -0.39 is 104 Å². The number of rotatable bonds is 6. The summed E-state index contributed by atoms with van der Waals surface area (Å²) in [5.41, 5.74) is -2.53. The number of aliphatic hydroxyl groups is 4. The van der Waals surface area contributed by atoms with Gasteiger partial charge < -0.3 is 58.9 Å². The minimum absolute atomic E-state index is 0.306. The van der Waals surface area contributed by atoms with Gasteiger partial charge >= 0.3 is 10.4 Å². The van der Waals surface area contributed by atoms with Gasteiger partial charge in [0.05, 0.1) is 6.61 Å². The average molecular weight is 560 g/mol. The zero-order valence-electron chi connectivity index (χ0n) is 18.7. The van der Waals surface area contributed by atoms with Crippen LogP contribution in [0.5, 0.6) is 34.5 Å². The van der Waals surface area contributed by atoms with Crippen molar-refractivity contribution < 1.29 is 71.9 Å². The Labute approximate surface area is 211 Å². The van der Waals surface area contributed by atoms with Crippen molar-refractivity contribution in [3.63, 3.8) is 0 Å². The summed E-state index contributed by atoms with van der Waals surface area (Å²) in [6.45, 7) is -0.826. The third kappa shape index (κ3) is 4.86. The van der Waals surface area contributed by atoms with Crippen molar-refractivity contribution in [2.24, 2.45) is 0 Å². The van der Waals surface area contributed by atoms with Crippen molar-refractivity contribution in [2.45, 2.75) is 30.7 Å². The second kappa shape index (κ2) is 9.80. The van der Waals surface area contributed by atoms with Gasteiger partial charge in [-0.3, -0.25) is 9.35 Å². The molecule has 0 unspecified atom stereocenters. The average Bonchev–Trinajstić information content (AvgIpc) is 2.83. The van der Waals surface area contributed by atoms with Crippen LogP contribution in [-0.2, 0) is 15.1 Å². The molecule has 0 amide bonds. The number of aromatic hydroxyl groups is 4. The molecule has 0 saturated carbocycles. The molecule has 2 heterocycles. The number of ether oxygens (including phenoxy) is 2. The van der Waals surface area contributed by atoms with Gasteiger partial charge in [0.1, 0.15) is 35.6 Å². The summed E-state index contributed by atoms with van der Waals surface area (Å²) in [5.74, 6) is -6.08. The van der Waals surface area contributed by atoms with Gasteiger partial charge in [0, 0.05) is 11.6 Å². The van der Waals surface area contributed by atoms with Gasteiger partial charge in [-0.05, 0) is 18.2 Å². The predicted molar refractivity (Wildman–Crippen MR) is 121 cm³/mol. The van der Waals surface area contributed by atoms with Crippen molar-refractivity contribution in [3.8, 4) is 45.8 Å². The SMILES string of the molecule is O=c1c(OS(=O)(=O)O)c(-c2ccc(O)c(O)c2)oc2c(O[C@@H]3O[C@H](CO)[C@@H](O)[C@H](O)[C@H]3O)c(O)cc(O)c12. The molecule has 1 aliphatic rings. The van der Waals surface area contributed by atoms with Gasteiger partial charge in [-0.2, -0.15) is 8.42 Å². The third-order valence-corrected chi connectivity index (χ3v) is 5.93. The Bertz CT molecular complexity index is 1550. The summed E-state index contributed by atoms with van der Waals surface area (Å²) in [4.78, 5) is 13.2. The topological polar surface area (TPSA) is 274 Å². The number of aliphatic hydroxyl groups excluding tert-OH is 4. The monoisotopic (exact) mass is 560 g/mol. The molecule has 0 radical (unpaired) electrons. The van der Waals surface area contributed by atoms with Crippen LogP contribution in [0, 0.1) is 0 Å². The summed E-state index contributed by atoms with van der Waals surface area (Å²) in [6.07, 6.45) is -8.95. The van der Waals surface area contributed by atoms with Gasteiger partial charge in [-0.25, -0.2) is 0 Å². The van der Waals surface area contributed by atoms with Crippen LogP contribution in [0.1, 0.15) is 0 Å². The van der Waals surface area contributed by atoms with Gasteiger partial charge in [0.2, 0.25) is 23.2 Å². The Hall–Kier alpha value is -3.84. The summed E-state index contributed by atoms with van der Waals surface area (Å²) in [5, 5.41) is 79.0. The fourth-order valence-corrected chi connectivity index (χ4v) is 4.09. The first-order valence-electron chi connectivity index (χ1n) is 10.5. The molecule has 16 nitrogen and oxygen atoms in total. The molecule has 0 bridgehead atoms. The van der Waals surface area contributed by atoms with E-state index in [4.69, 9.17) is 13.9 Å². The summed E-state index contributed by atoms with van der Waals surface area (Å²) >= 11 is 0. The van der Waals surface area contributed by atoms with Crippen molar-refractivity contribution >= 4 is 21.4 Å². The Balaban J connectivity index is 1.98. The van der Waals surface area contributed by atoms with E-state index in [0.29, 0.717) is 6.07 Å². The van der Waals surface area contributed by atoms with Gasteiger partial charge in [0.25, 0.3) is 0 Å². The maximum atomic E-state index is 13.2. The van der Waals surface area contributed by atoms with E-state index in [1.807, 2.05) is 0 Å². The quantitative estimate of drug-likeness (QED) is 0.124. The maximum absolute atomic E-state index is 13.2. The lowest BCUT2D eigenvalue weighted by Gasteiger charge is -2.39. The van der Waals surface area contributed by atoms with Gasteiger partial charge in [-0.15, -0.1) is 0 Å². The van der Waals surface area contributed by atoms with Crippen LogP contribution in [0.2, 0.25) is 0 Å². The lowest BCUT2D eigenvalue weighted by molar-refractivity contribution is -0.277. The largest absolute Gasteiger partial charge is 0.507 e. The van der Waals surface area contributed by atoms with E-state index in [1.54, 1.807) is 0 Å². The van der Waals surface area contributed by atoms with Crippen molar-refractivity contribution in [1.29, 1.82) is 0 Å². The van der Waals surface area contributed by atoms with Crippen molar-refractivity contribution in [3.05, 3.63) is 34.5 Å². The molecule has 9 N–H and O–H groups in total. The van der Waals surface area contributed by atoms with Crippen LogP contribution in [0.4, 0.5) is 0 Å². The van der Waals surface area contributed by atoms with E-state index >= 15 is 0 Å². The molecular weight excluding hydrogens is 540 g/mol. The Kier molecular flexibility index (Phi) is 7.01. The lowest BCUT2D eigenvalue weighted by atomic mass is 9.99. The number of hydrogen-bond donors (Lipinski definition) is 9. The molecule has 38 heavy (non-hydrogen) atoms. The number of phenolic OH excluding ortho intramolecular Hbond substituents is 4. The normalized spacial score (nSPS) is 23.9. The zero-order valence-corrected chi connectivity index (χ0v) is 19.5. The molecule has 1 saturated heterocycles. The van der Waals surface area contributed by atoms with E-state index in [9.17, 15) is 58.6 Å². The molecule has 1 aromatic heterocycles. The van der Waals surface area contributed by atoms with E-state index in [0.717, 1.165) is 18.2 Å². The molecule has 1 aliphatic heterocycles. The lowest BCUT2D eigenvalue weighted by Crippen LogP contribution is -2.60. The number of benzene rings is 2. The predicted octanol–water partition coefficient (Wildman–Crippen LogP) is -1.36. The highest BCUT2D eigenvalue weighted by molar-refractivity contribution is 7.81. The molecule has 4 rings (SSSR count). The highest BCUT2D eigenvalue weighted by atomic mass is 32.3. The second-order valence-electron chi connectivity index (χ2n) is 8.07. The number of fused-ring (bicyclic) bond motifs is 1. The highest BCUT2D eigenvalue weighted by Crippen LogP contribution is 2.45. The number of phenols is 4. The Morgan fingerprint density at radius 3 is 2.16 bits per heavy atom. The van der Waals surface area contributed by atoms with E-state index in [2.05, 4.69) is 4.18 Å². The Morgan fingerprint density at radius 2 is 1.55 bits per heavy atom. The molecule has 5 atom stereocenters. The molecular formula is C21H20O16S. The Morgan fingerprint density at radius 1 is 0.868 bits per heavy atom. The van der Waals surface area contributed by atoms with Crippen molar-refractivity contribution in [1.82, 2.24) is 0 Å². The summed E-state index contributed by atoms with van der Waals surface area (Å²) < 4.78 is 52.6. The highest BCUT2D eigenvalue weighted by Gasteiger charge is 2.45. The fourth-order valence-electron chi connectivity index (χ4n) is 3.73. The summed E-state index contributed by atoms with van der Waals surface area (Å²) in [7, 11) is -5.36. The zero-order chi connectivity index (χ0) is 28.1. The molecule has 2 aromatic carbocycles. The van der Waals surface area contributed by atoms with Gasteiger partial charge in [0.15, 0.2) is 28.6 Å². The molecule has 3 aromatic rings. The molecule has 1 fully saturated rings. The number of hydrogen-bond acceptors (Lipinski definition) is 15. The van der Waals surface area contributed by atoms with Crippen LogP contribution in [-0.4, -0.2) is 91.1 Å². The maximum Gasteiger partial charge on any atom is 0.446 e. The first-order chi connectivity index (χ1) is 17.7. The van der Waals surface area contributed by atoms with Gasteiger partial charge in [-0.1, -0.05) is 0 Å². The smallest absolute Gasteiger partial charge is 0.446 e. The minimum atomic E-state index is -5.36. The van der Waals surface area contributed by atoms with Crippen LogP contribution in [0.15, 0.2) is 33.5 Å². The first-order valence-corrected chi connectivity index (χ1v) is 11.8. The molecule has 17 heteroatoms. The molecule has 0 spiro atoms. The first kappa shape index (κ1) is 27.2. The van der Waals surface area contributed by atoms with Crippen LogP contribution < -0.4 is 14.3 Å². The summed E-state index contributed by atoms with van der Waals surface area (Å²) in [6, 6.07) is 3.35. The van der Waals surface area contributed by atoms with Crippen LogP contribution in [0.25, 0.3) is 22.3 Å². The van der Waals surface area contributed by atoms with Crippen LogP contribution in [0.3, 0.4) is 0 Å². The van der Waals surface area contributed by atoms with E-state index in [-0.39, 0.29) is 5.56 Å². The van der Waals surface area contributed by atoms with E-state index in [1.165, 1.54) is 0 Å². The molecule has 206 valence electrons. The van der Waals surface area contributed by atoms with Crippen LogP contribution >= 0.6 is 0 Å². The minimum Gasteiger partial charge on any atom is -0.507 e. The standard InChI is InChI=1S/C21H20O16S/c22-5-11-13(27)15(29)16(30)21(34-11)36-18-10(26)4-9(25)12-14(28)20(37-38(31,32)33)17(35-19(12)18)6-1-2-7(23)8(24)3-6/h1-4,11,13,15-16,21-27,29-30H,5H2,(H,31,32,33)/t11-,13-,15+,16-,21+/m1/s1. The van der Waals surface area contributed by atoms with Crippen molar-refractivity contribution in [2.75, 3.05) is 6.61 Å². The second-order valence-corrected chi connectivity index (χ2v) is 9.09. The molecule has 0 aliphatic carbocycles.